The van der Waals surface area contributed by atoms with Gasteiger partial charge < -0.3 is 4.74 Å². The Balaban J connectivity index is 1.32. The highest BCUT2D eigenvalue weighted by atomic mass is 32.2. The Bertz CT molecular complexity index is 845. The number of cyclic esters (lactones) is 1. The summed E-state index contributed by atoms with van der Waals surface area (Å²) in [6, 6.07) is 6.46. The second kappa shape index (κ2) is 6.46. The molecule has 4 aliphatic carbocycles. The molecule has 7 heteroatoms. The van der Waals surface area contributed by atoms with Gasteiger partial charge in [-0.25, -0.2) is 17.9 Å². The number of nitrogens with one attached hydrogen (secondary N) is 1. The molecule has 5 fully saturated rings. The highest BCUT2D eigenvalue weighted by Crippen LogP contribution is 2.61. The molecule has 5 aliphatic rings. The van der Waals surface area contributed by atoms with Crippen molar-refractivity contribution >= 4 is 21.8 Å². The van der Waals surface area contributed by atoms with E-state index >= 15 is 0 Å². The Kier molecular flexibility index (Phi) is 4.25. The number of carbonyl (C=O) groups excluding carboxylic acids is 1. The first kappa shape index (κ1) is 18.4. The van der Waals surface area contributed by atoms with E-state index in [1.165, 1.54) is 43.4 Å². The number of hydrogen-bond donors (Lipinski definition) is 1. The van der Waals surface area contributed by atoms with E-state index in [0.717, 1.165) is 17.8 Å². The number of carbonyl (C=O) groups is 1. The molecule has 0 spiro atoms. The van der Waals surface area contributed by atoms with Gasteiger partial charge in [0.15, 0.2) is 0 Å². The van der Waals surface area contributed by atoms with Crippen LogP contribution in [-0.2, 0) is 14.8 Å². The van der Waals surface area contributed by atoms with Crippen LogP contribution in [0.3, 0.4) is 0 Å². The van der Waals surface area contributed by atoms with E-state index in [1.807, 2.05) is 0 Å². The summed E-state index contributed by atoms with van der Waals surface area (Å²) in [4.78, 5) is 13.4. The SMILES string of the molecule is CC(NS(=O)(=O)c1ccc(N2CCOC2=O)cc1)C12CC3CC(CC(C3)C1)C2. The summed E-state index contributed by atoms with van der Waals surface area (Å²) in [5, 5.41) is 0. The minimum atomic E-state index is -3.59. The minimum Gasteiger partial charge on any atom is -0.447 e. The van der Waals surface area contributed by atoms with Gasteiger partial charge in [-0.3, -0.25) is 4.90 Å². The van der Waals surface area contributed by atoms with Crippen LogP contribution in [0, 0.1) is 23.2 Å². The fourth-order valence-electron chi connectivity index (χ4n) is 6.57. The number of hydrogen-bond acceptors (Lipinski definition) is 4. The normalized spacial score (nSPS) is 35.2. The number of ether oxygens (including phenoxy) is 1. The fourth-order valence-corrected chi connectivity index (χ4v) is 7.91. The third-order valence-corrected chi connectivity index (χ3v) is 9.11. The minimum absolute atomic E-state index is 0.0564. The monoisotopic (exact) mass is 404 g/mol. The topological polar surface area (TPSA) is 75.7 Å². The summed E-state index contributed by atoms with van der Waals surface area (Å²) >= 11 is 0. The van der Waals surface area contributed by atoms with Gasteiger partial charge in [-0.1, -0.05) is 0 Å². The van der Waals surface area contributed by atoms with Crippen molar-refractivity contribution in [2.75, 3.05) is 18.1 Å². The Morgan fingerprint density at radius 2 is 1.64 bits per heavy atom. The van der Waals surface area contributed by atoms with Crippen LogP contribution in [0.5, 0.6) is 0 Å². The highest BCUT2D eigenvalue weighted by Gasteiger charge is 2.53. The van der Waals surface area contributed by atoms with Crippen molar-refractivity contribution in [3.05, 3.63) is 24.3 Å². The first-order valence-electron chi connectivity index (χ1n) is 10.4. The third-order valence-electron chi connectivity index (χ3n) is 7.56. The van der Waals surface area contributed by atoms with E-state index in [1.54, 1.807) is 24.3 Å². The molecule has 1 heterocycles. The molecule has 0 aromatic heterocycles. The fraction of sp³-hybridized carbons (Fsp3) is 0.667. The van der Waals surface area contributed by atoms with E-state index in [9.17, 15) is 13.2 Å². The number of benzene rings is 1. The standard InChI is InChI=1S/C21H28N2O4S/c1-14(21-11-15-8-16(12-21)10-17(9-15)13-21)22-28(25,26)19-4-2-18(3-5-19)23-6-7-27-20(23)24/h2-5,14-17,22H,6-13H2,1H3. The lowest BCUT2D eigenvalue weighted by Gasteiger charge is -2.59. The van der Waals surface area contributed by atoms with Crippen molar-refractivity contribution in [3.8, 4) is 0 Å². The molecule has 4 bridgehead atoms. The summed E-state index contributed by atoms with van der Waals surface area (Å²) in [7, 11) is -3.59. The molecule has 4 saturated carbocycles. The molecular formula is C21H28N2O4S. The molecule has 1 unspecified atom stereocenters. The molecule has 1 aromatic carbocycles. The quantitative estimate of drug-likeness (QED) is 0.815. The summed E-state index contributed by atoms with van der Waals surface area (Å²) in [5.74, 6) is 2.37. The van der Waals surface area contributed by atoms with Crippen molar-refractivity contribution in [1.82, 2.24) is 4.72 Å². The van der Waals surface area contributed by atoms with Crippen molar-refractivity contribution in [2.24, 2.45) is 23.2 Å². The lowest BCUT2D eigenvalue weighted by Crippen LogP contribution is -2.55. The lowest BCUT2D eigenvalue weighted by molar-refractivity contribution is -0.0666. The Labute approximate surface area is 166 Å². The number of rotatable bonds is 5. The predicted molar refractivity (Wildman–Crippen MR) is 106 cm³/mol. The van der Waals surface area contributed by atoms with Gasteiger partial charge in [-0.2, -0.15) is 0 Å². The molecule has 1 saturated heterocycles. The highest BCUT2D eigenvalue weighted by molar-refractivity contribution is 7.89. The number of nitrogens with zero attached hydrogens (tertiary/aromatic N) is 1. The van der Waals surface area contributed by atoms with Crippen molar-refractivity contribution in [3.63, 3.8) is 0 Å². The first-order valence-corrected chi connectivity index (χ1v) is 11.9. The van der Waals surface area contributed by atoms with Crippen LogP contribution in [0.15, 0.2) is 29.2 Å². The van der Waals surface area contributed by atoms with E-state index in [0.29, 0.717) is 18.8 Å². The molecule has 152 valence electrons. The average Bonchev–Trinajstić information content (AvgIpc) is 3.06. The Morgan fingerprint density at radius 1 is 1.07 bits per heavy atom. The van der Waals surface area contributed by atoms with E-state index in [-0.39, 0.29) is 22.4 Å². The lowest BCUT2D eigenvalue weighted by atomic mass is 9.48. The number of amides is 1. The smallest absolute Gasteiger partial charge is 0.414 e. The molecule has 1 N–H and O–H groups in total. The molecule has 6 rings (SSSR count). The molecule has 0 radical (unpaired) electrons. The number of sulfonamides is 1. The van der Waals surface area contributed by atoms with Gasteiger partial charge in [0.05, 0.1) is 11.4 Å². The molecule has 1 aliphatic heterocycles. The summed E-state index contributed by atoms with van der Waals surface area (Å²) in [6.07, 6.45) is 7.15. The van der Waals surface area contributed by atoms with Crippen LogP contribution < -0.4 is 9.62 Å². The maximum absolute atomic E-state index is 13.0. The van der Waals surface area contributed by atoms with Crippen LogP contribution >= 0.6 is 0 Å². The Morgan fingerprint density at radius 3 is 2.14 bits per heavy atom. The van der Waals surface area contributed by atoms with Crippen LogP contribution in [0.25, 0.3) is 0 Å². The van der Waals surface area contributed by atoms with Gasteiger partial charge in [-0.05, 0) is 92.9 Å². The predicted octanol–water partition coefficient (Wildman–Crippen LogP) is 3.53. The van der Waals surface area contributed by atoms with Crippen molar-refractivity contribution < 1.29 is 17.9 Å². The van der Waals surface area contributed by atoms with Crippen LogP contribution in [-0.4, -0.2) is 33.7 Å². The van der Waals surface area contributed by atoms with Crippen molar-refractivity contribution in [1.29, 1.82) is 0 Å². The zero-order valence-electron chi connectivity index (χ0n) is 16.3. The van der Waals surface area contributed by atoms with Gasteiger partial charge in [0.2, 0.25) is 10.0 Å². The van der Waals surface area contributed by atoms with Gasteiger partial charge in [0, 0.05) is 11.7 Å². The summed E-state index contributed by atoms with van der Waals surface area (Å²) in [6.45, 7) is 2.91. The van der Waals surface area contributed by atoms with Gasteiger partial charge in [-0.15, -0.1) is 0 Å². The molecule has 28 heavy (non-hydrogen) atoms. The van der Waals surface area contributed by atoms with Crippen LogP contribution in [0.2, 0.25) is 0 Å². The van der Waals surface area contributed by atoms with E-state index < -0.39 is 10.0 Å². The van der Waals surface area contributed by atoms with Gasteiger partial charge in [0.1, 0.15) is 6.61 Å². The van der Waals surface area contributed by atoms with Crippen molar-refractivity contribution in [2.45, 2.75) is 56.4 Å². The van der Waals surface area contributed by atoms with Gasteiger partial charge in [0.25, 0.3) is 0 Å². The summed E-state index contributed by atoms with van der Waals surface area (Å²) < 4.78 is 34.0. The van der Waals surface area contributed by atoms with E-state index in [4.69, 9.17) is 4.74 Å². The van der Waals surface area contributed by atoms with E-state index in [2.05, 4.69) is 11.6 Å². The second-order valence-corrected chi connectivity index (χ2v) is 11.1. The molecular weight excluding hydrogens is 376 g/mol. The third kappa shape index (κ3) is 3.03. The number of anilines is 1. The van der Waals surface area contributed by atoms with Crippen LogP contribution in [0.4, 0.5) is 10.5 Å². The molecule has 6 nitrogen and oxygen atoms in total. The maximum Gasteiger partial charge on any atom is 0.414 e. The Hall–Kier alpha value is -1.60. The van der Waals surface area contributed by atoms with Crippen LogP contribution in [0.1, 0.15) is 45.4 Å². The maximum atomic E-state index is 13.0. The summed E-state index contributed by atoms with van der Waals surface area (Å²) in [5.41, 5.74) is 0.789. The molecule has 1 aromatic rings. The zero-order valence-corrected chi connectivity index (χ0v) is 17.1. The second-order valence-electron chi connectivity index (χ2n) is 9.38. The molecule has 1 amide bonds. The average molecular weight is 405 g/mol. The first-order chi connectivity index (χ1) is 13.3. The molecule has 1 atom stereocenters. The zero-order chi connectivity index (χ0) is 19.5. The largest absolute Gasteiger partial charge is 0.447 e. The van der Waals surface area contributed by atoms with Gasteiger partial charge >= 0.3 is 6.09 Å².